The van der Waals surface area contributed by atoms with Gasteiger partial charge in [0.1, 0.15) is 5.75 Å². The SMILES string of the molecule is CCC(O)c1ccc(OC2CCOC2=O)cc1. The molecule has 92 valence electrons. The summed E-state index contributed by atoms with van der Waals surface area (Å²) < 4.78 is 10.3. The molecule has 1 aliphatic heterocycles. The van der Waals surface area contributed by atoms with Gasteiger partial charge in [-0.3, -0.25) is 0 Å². The standard InChI is InChI=1S/C13H16O4/c1-2-11(14)9-3-5-10(6-4-9)17-12-7-8-16-13(12)15/h3-6,11-12,14H,2,7-8H2,1H3. The van der Waals surface area contributed by atoms with Crippen LogP contribution in [0.2, 0.25) is 0 Å². The highest BCUT2D eigenvalue weighted by Crippen LogP contribution is 2.22. The lowest BCUT2D eigenvalue weighted by Crippen LogP contribution is -2.21. The molecule has 0 spiro atoms. The van der Waals surface area contributed by atoms with Gasteiger partial charge in [-0.1, -0.05) is 19.1 Å². The van der Waals surface area contributed by atoms with E-state index < -0.39 is 12.2 Å². The molecule has 0 aromatic heterocycles. The molecule has 17 heavy (non-hydrogen) atoms. The zero-order chi connectivity index (χ0) is 12.3. The van der Waals surface area contributed by atoms with Gasteiger partial charge in [-0.05, 0) is 24.1 Å². The van der Waals surface area contributed by atoms with Crippen molar-refractivity contribution in [1.82, 2.24) is 0 Å². The Morgan fingerprint density at radius 1 is 1.47 bits per heavy atom. The summed E-state index contributed by atoms with van der Waals surface area (Å²) in [5.74, 6) is 0.323. The fourth-order valence-corrected chi connectivity index (χ4v) is 1.75. The Kier molecular flexibility index (Phi) is 3.64. The quantitative estimate of drug-likeness (QED) is 0.810. The molecule has 2 unspecified atom stereocenters. The molecule has 0 amide bonds. The van der Waals surface area contributed by atoms with Crippen LogP contribution in [-0.2, 0) is 9.53 Å². The molecule has 1 N–H and O–H groups in total. The zero-order valence-corrected chi connectivity index (χ0v) is 9.76. The van der Waals surface area contributed by atoms with E-state index in [1.165, 1.54) is 0 Å². The van der Waals surface area contributed by atoms with Gasteiger partial charge in [-0.15, -0.1) is 0 Å². The highest BCUT2D eigenvalue weighted by Gasteiger charge is 2.28. The molecule has 2 rings (SSSR count). The number of cyclic esters (lactones) is 1. The predicted octanol–water partition coefficient (Wildman–Crippen LogP) is 1.82. The smallest absolute Gasteiger partial charge is 0.347 e. The van der Waals surface area contributed by atoms with Gasteiger partial charge in [0.05, 0.1) is 12.7 Å². The van der Waals surface area contributed by atoms with Gasteiger partial charge in [-0.25, -0.2) is 4.79 Å². The van der Waals surface area contributed by atoms with Gasteiger partial charge >= 0.3 is 5.97 Å². The molecule has 1 heterocycles. The summed E-state index contributed by atoms with van der Waals surface area (Å²) in [7, 11) is 0. The average molecular weight is 236 g/mol. The number of carbonyl (C=O) groups is 1. The molecule has 0 saturated carbocycles. The minimum atomic E-state index is -0.489. The van der Waals surface area contributed by atoms with Crippen LogP contribution in [0, 0.1) is 0 Å². The van der Waals surface area contributed by atoms with Crippen molar-refractivity contribution in [3.63, 3.8) is 0 Å². The number of aliphatic hydroxyl groups is 1. The maximum Gasteiger partial charge on any atom is 0.347 e. The number of hydrogen-bond acceptors (Lipinski definition) is 4. The molecule has 1 aliphatic rings. The lowest BCUT2D eigenvalue weighted by molar-refractivity contribution is -0.143. The zero-order valence-electron chi connectivity index (χ0n) is 9.76. The number of ether oxygens (including phenoxy) is 2. The van der Waals surface area contributed by atoms with E-state index in [0.29, 0.717) is 25.2 Å². The second-order valence-corrected chi connectivity index (χ2v) is 4.06. The fraction of sp³-hybridized carbons (Fsp3) is 0.462. The minimum absolute atomic E-state index is 0.303. The van der Waals surface area contributed by atoms with Gasteiger partial charge in [0.15, 0.2) is 6.10 Å². The molecular weight excluding hydrogens is 220 g/mol. The van der Waals surface area contributed by atoms with Crippen molar-refractivity contribution in [2.75, 3.05) is 6.61 Å². The van der Waals surface area contributed by atoms with Crippen LogP contribution in [0.25, 0.3) is 0 Å². The van der Waals surface area contributed by atoms with Gasteiger partial charge in [0, 0.05) is 6.42 Å². The van der Waals surface area contributed by atoms with Crippen LogP contribution in [0.4, 0.5) is 0 Å². The summed E-state index contributed by atoms with van der Waals surface area (Å²) >= 11 is 0. The van der Waals surface area contributed by atoms with Crippen LogP contribution >= 0.6 is 0 Å². The Balaban J connectivity index is 2.00. The largest absolute Gasteiger partial charge is 0.479 e. The van der Waals surface area contributed by atoms with E-state index in [1.807, 2.05) is 19.1 Å². The number of carbonyl (C=O) groups excluding carboxylic acids is 1. The van der Waals surface area contributed by atoms with Crippen LogP contribution < -0.4 is 4.74 Å². The van der Waals surface area contributed by atoms with E-state index >= 15 is 0 Å². The Labute approximate surface area is 100 Å². The molecule has 1 aromatic carbocycles. The summed E-state index contributed by atoms with van der Waals surface area (Å²) in [4.78, 5) is 11.2. The average Bonchev–Trinajstić information content (AvgIpc) is 2.75. The summed E-state index contributed by atoms with van der Waals surface area (Å²) in [6.45, 7) is 2.35. The number of rotatable bonds is 4. The first-order chi connectivity index (χ1) is 8.20. The van der Waals surface area contributed by atoms with Gasteiger partial charge in [0.25, 0.3) is 0 Å². The first kappa shape index (κ1) is 11.9. The summed E-state index contributed by atoms with van der Waals surface area (Å²) in [6, 6.07) is 7.15. The molecule has 0 aliphatic carbocycles. The number of hydrogen-bond donors (Lipinski definition) is 1. The van der Waals surface area contributed by atoms with E-state index in [-0.39, 0.29) is 5.97 Å². The van der Waals surface area contributed by atoms with Crippen LogP contribution in [0.5, 0.6) is 5.75 Å². The van der Waals surface area contributed by atoms with Crippen LogP contribution in [0.1, 0.15) is 31.4 Å². The Bertz CT molecular complexity index is 385. The van der Waals surface area contributed by atoms with E-state index in [0.717, 1.165) is 5.56 Å². The van der Waals surface area contributed by atoms with Crippen molar-refractivity contribution in [2.24, 2.45) is 0 Å². The minimum Gasteiger partial charge on any atom is -0.479 e. The van der Waals surface area contributed by atoms with Crippen molar-refractivity contribution in [3.05, 3.63) is 29.8 Å². The Morgan fingerprint density at radius 3 is 2.71 bits per heavy atom. The van der Waals surface area contributed by atoms with Crippen molar-refractivity contribution in [2.45, 2.75) is 32.0 Å². The highest BCUT2D eigenvalue weighted by molar-refractivity contribution is 5.76. The summed E-state index contributed by atoms with van der Waals surface area (Å²) in [6.07, 6.45) is 0.338. The van der Waals surface area contributed by atoms with E-state index in [1.54, 1.807) is 12.1 Å². The fourth-order valence-electron chi connectivity index (χ4n) is 1.75. The predicted molar refractivity (Wildman–Crippen MR) is 61.7 cm³/mol. The molecular formula is C13H16O4. The Morgan fingerprint density at radius 2 is 2.18 bits per heavy atom. The number of benzene rings is 1. The van der Waals surface area contributed by atoms with Crippen molar-refractivity contribution in [1.29, 1.82) is 0 Å². The maximum absolute atomic E-state index is 11.2. The Hall–Kier alpha value is -1.55. The molecule has 0 radical (unpaired) electrons. The second-order valence-electron chi connectivity index (χ2n) is 4.06. The molecule has 1 aromatic rings. The van der Waals surface area contributed by atoms with Crippen molar-refractivity contribution < 1.29 is 19.4 Å². The lowest BCUT2D eigenvalue weighted by Gasteiger charge is -2.12. The molecule has 4 nitrogen and oxygen atoms in total. The van der Waals surface area contributed by atoms with Gasteiger partial charge in [0.2, 0.25) is 0 Å². The summed E-state index contributed by atoms with van der Waals surface area (Å²) in [5.41, 5.74) is 0.855. The van der Waals surface area contributed by atoms with Gasteiger partial charge < -0.3 is 14.6 Å². The third kappa shape index (κ3) is 2.77. The van der Waals surface area contributed by atoms with Crippen LogP contribution in [-0.4, -0.2) is 23.8 Å². The monoisotopic (exact) mass is 236 g/mol. The lowest BCUT2D eigenvalue weighted by atomic mass is 10.1. The van der Waals surface area contributed by atoms with E-state index in [4.69, 9.17) is 9.47 Å². The number of esters is 1. The maximum atomic E-state index is 11.2. The van der Waals surface area contributed by atoms with E-state index in [9.17, 15) is 9.90 Å². The van der Waals surface area contributed by atoms with Crippen LogP contribution in [0.3, 0.4) is 0 Å². The molecule has 1 fully saturated rings. The normalized spacial score (nSPS) is 21.1. The molecule has 2 atom stereocenters. The third-order valence-corrected chi connectivity index (χ3v) is 2.82. The molecule has 1 saturated heterocycles. The van der Waals surface area contributed by atoms with Crippen molar-refractivity contribution in [3.8, 4) is 5.75 Å². The van der Waals surface area contributed by atoms with Gasteiger partial charge in [-0.2, -0.15) is 0 Å². The van der Waals surface area contributed by atoms with Crippen LogP contribution in [0.15, 0.2) is 24.3 Å². The number of aliphatic hydroxyl groups excluding tert-OH is 1. The van der Waals surface area contributed by atoms with E-state index in [2.05, 4.69) is 0 Å². The second kappa shape index (κ2) is 5.19. The summed E-state index contributed by atoms with van der Waals surface area (Å²) in [5, 5.41) is 9.63. The third-order valence-electron chi connectivity index (χ3n) is 2.82. The highest BCUT2D eigenvalue weighted by atomic mass is 16.6. The molecule has 0 bridgehead atoms. The first-order valence-electron chi connectivity index (χ1n) is 5.82. The topological polar surface area (TPSA) is 55.8 Å². The first-order valence-corrected chi connectivity index (χ1v) is 5.82. The molecule has 4 heteroatoms. The van der Waals surface area contributed by atoms with Crippen molar-refractivity contribution >= 4 is 5.97 Å².